The van der Waals surface area contributed by atoms with Crippen molar-refractivity contribution in [2.75, 3.05) is 13.2 Å². The molecule has 1 heterocycles. The van der Waals surface area contributed by atoms with E-state index < -0.39 is 0 Å². The van der Waals surface area contributed by atoms with Crippen LogP contribution in [0.3, 0.4) is 0 Å². The Morgan fingerprint density at radius 2 is 2.27 bits per heavy atom. The van der Waals surface area contributed by atoms with Crippen molar-refractivity contribution in [1.29, 1.82) is 0 Å². The SMILES string of the molecule is CCCOCC(=O)c1cnnn1CCC. The number of nitrogens with zero attached hydrogens (tertiary/aromatic N) is 3. The lowest BCUT2D eigenvalue weighted by Crippen LogP contribution is -2.15. The standard InChI is InChI=1S/C10H17N3O2/c1-3-5-13-9(7-11-12-13)10(14)8-15-6-4-2/h7H,3-6,8H2,1-2H3. The lowest BCUT2D eigenvalue weighted by molar-refractivity contribution is 0.0750. The van der Waals surface area contributed by atoms with Gasteiger partial charge in [-0.1, -0.05) is 19.1 Å². The molecule has 0 N–H and O–H groups in total. The minimum Gasteiger partial charge on any atom is -0.373 e. The summed E-state index contributed by atoms with van der Waals surface area (Å²) in [6, 6.07) is 0. The van der Waals surface area contributed by atoms with Crippen LogP contribution in [0, 0.1) is 0 Å². The van der Waals surface area contributed by atoms with Crippen molar-refractivity contribution in [3.63, 3.8) is 0 Å². The largest absolute Gasteiger partial charge is 0.373 e. The third-order valence-corrected chi connectivity index (χ3v) is 1.92. The van der Waals surface area contributed by atoms with Crippen LogP contribution >= 0.6 is 0 Å². The summed E-state index contributed by atoms with van der Waals surface area (Å²) in [5.74, 6) is -0.0538. The Morgan fingerprint density at radius 1 is 1.47 bits per heavy atom. The van der Waals surface area contributed by atoms with Gasteiger partial charge < -0.3 is 4.74 Å². The molecule has 1 aromatic heterocycles. The van der Waals surface area contributed by atoms with Gasteiger partial charge in [-0.15, -0.1) is 5.10 Å². The van der Waals surface area contributed by atoms with Gasteiger partial charge in [0.15, 0.2) is 0 Å². The van der Waals surface area contributed by atoms with Crippen LogP contribution in [-0.2, 0) is 11.3 Å². The van der Waals surface area contributed by atoms with Gasteiger partial charge in [0.05, 0.1) is 6.20 Å². The van der Waals surface area contributed by atoms with Crippen LogP contribution in [0.5, 0.6) is 0 Å². The number of carbonyl (C=O) groups is 1. The van der Waals surface area contributed by atoms with E-state index in [0.29, 0.717) is 12.3 Å². The van der Waals surface area contributed by atoms with E-state index in [-0.39, 0.29) is 12.4 Å². The van der Waals surface area contributed by atoms with Gasteiger partial charge in [-0.3, -0.25) is 4.79 Å². The molecule has 1 rings (SSSR count). The highest BCUT2D eigenvalue weighted by Gasteiger charge is 2.12. The Kier molecular flexibility index (Phi) is 4.97. The Morgan fingerprint density at radius 3 is 2.93 bits per heavy atom. The van der Waals surface area contributed by atoms with Crippen LogP contribution in [0.1, 0.15) is 37.2 Å². The van der Waals surface area contributed by atoms with Crippen LogP contribution < -0.4 is 0 Å². The topological polar surface area (TPSA) is 57.0 Å². The lowest BCUT2D eigenvalue weighted by Gasteiger charge is -2.04. The third-order valence-electron chi connectivity index (χ3n) is 1.92. The number of aryl methyl sites for hydroxylation is 1. The Bertz CT molecular complexity index is 309. The summed E-state index contributed by atoms with van der Waals surface area (Å²) in [7, 11) is 0. The molecule has 0 fully saturated rings. The van der Waals surface area contributed by atoms with Crippen molar-refractivity contribution in [2.24, 2.45) is 0 Å². The molecule has 0 saturated heterocycles. The van der Waals surface area contributed by atoms with Gasteiger partial charge in [0, 0.05) is 13.2 Å². The van der Waals surface area contributed by atoms with E-state index in [2.05, 4.69) is 10.3 Å². The molecule has 15 heavy (non-hydrogen) atoms. The minimum atomic E-state index is -0.0538. The molecule has 0 aliphatic rings. The predicted octanol–water partition coefficient (Wildman–Crippen LogP) is 1.30. The molecule has 0 aliphatic heterocycles. The van der Waals surface area contributed by atoms with Gasteiger partial charge in [-0.05, 0) is 12.8 Å². The third kappa shape index (κ3) is 3.43. The molecule has 0 spiro atoms. The Hall–Kier alpha value is -1.23. The highest BCUT2D eigenvalue weighted by molar-refractivity contribution is 5.95. The molecule has 0 aromatic carbocycles. The van der Waals surface area contributed by atoms with Crippen LogP contribution in [0.4, 0.5) is 0 Å². The molecule has 1 aromatic rings. The van der Waals surface area contributed by atoms with E-state index in [9.17, 15) is 4.79 Å². The lowest BCUT2D eigenvalue weighted by atomic mass is 10.3. The molecule has 0 amide bonds. The smallest absolute Gasteiger partial charge is 0.208 e. The van der Waals surface area contributed by atoms with Crippen LogP contribution in [0.15, 0.2) is 6.20 Å². The minimum absolute atomic E-state index is 0.0538. The zero-order valence-electron chi connectivity index (χ0n) is 9.27. The van der Waals surface area contributed by atoms with Gasteiger partial charge >= 0.3 is 0 Å². The summed E-state index contributed by atoms with van der Waals surface area (Å²) >= 11 is 0. The zero-order valence-corrected chi connectivity index (χ0v) is 9.27. The second-order valence-electron chi connectivity index (χ2n) is 3.32. The summed E-state index contributed by atoms with van der Waals surface area (Å²) in [5, 5.41) is 7.57. The van der Waals surface area contributed by atoms with E-state index in [4.69, 9.17) is 4.74 Å². The van der Waals surface area contributed by atoms with Gasteiger partial charge in [-0.25, -0.2) is 4.68 Å². The van der Waals surface area contributed by atoms with E-state index in [1.54, 1.807) is 4.68 Å². The summed E-state index contributed by atoms with van der Waals surface area (Å²) in [5.41, 5.74) is 0.535. The number of Topliss-reactive ketones (excluding diaryl/α,β-unsaturated/α-hetero) is 1. The highest BCUT2D eigenvalue weighted by Crippen LogP contribution is 2.00. The van der Waals surface area contributed by atoms with Gasteiger partial charge in [0.2, 0.25) is 5.78 Å². The van der Waals surface area contributed by atoms with Gasteiger partial charge in [0.25, 0.3) is 0 Å². The number of rotatable bonds is 7. The van der Waals surface area contributed by atoms with E-state index >= 15 is 0 Å². The van der Waals surface area contributed by atoms with Crippen LogP contribution in [0.25, 0.3) is 0 Å². The second kappa shape index (κ2) is 6.29. The quantitative estimate of drug-likeness (QED) is 0.504. The number of aromatic nitrogens is 3. The average molecular weight is 211 g/mol. The van der Waals surface area contributed by atoms with Crippen LogP contribution in [0.2, 0.25) is 0 Å². The number of hydrogen-bond donors (Lipinski definition) is 0. The fourth-order valence-corrected chi connectivity index (χ4v) is 1.23. The molecule has 5 heteroatoms. The number of carbonyl (C=O) groups excluding carboxylic acids is 1. The Labute approximate surface area is 89.4 Å². The molecular formula is C10H17N3O2. The van der Waals surface area contributed by atoms with Crippen molar-refractivity contribution < 1.29 is 9.53 Å². The molecule has 0 aliphatic carbocycles. The summed E-state index contributed by atoms with van der Waals surface area (Å²) in [4.78, 5) is 11.7. The molecule has 0 radical (unpaired) electrons. The number of ketones is 1. The first kappa shape index (κ1) is 11.8. The molecule has 0 unspecified atom stereocenters. The normalized spacial score (nSPS) is 10.5. The second-order valence-corrected chi connectivity index (χ2v) is 3.32. The first-order valence-electron chi connectivity index (χ1n) is 5.29. The first-order chi connectivity index (χ1) is 7.29. The molecule has 5 nitrogen and oxygen atoms in total. The van der Waals surface area contributed by atoms with Gasteiger partial charge in [0.1, 0.15) is 12.3 Å². The van der Waals surface area contributed by atoms with Crippen molar-refractivity contribution in [1.82, 2.24) is 15.0 Å². The molecule has 0 saturated carbocycles. The fourth-order valence-electron chi connectivity index (χ4n) is 1.23. The monoisotopic (exact) mass is 211 g/mol. The van der Waals surface area contributed by atoms with Crippen molar-refractivity contribution in [2.45, 2.75) is 33.2 Å². The van der Waals surface area contributed by atoms with Crippen molar-refractivity contribution in [3.8, 4) is 0 Å². The number of ether oxygens (including phenoxy) is 1. The van der Waals surface area contributed by atoms with E-state index in [1.165, 1.54) is 6.20 Å². The molecular weight excluding hydrogens is 194 g/mol. The maximum atomic E-state index is 11.7. The van der Waals surface area contributed by atoms with Crippen molar-refractivity contribution >= 4 is 5.78 Å². The first-order valence-corrected chi connectivity index (χ1v) is 5.29. The van der Waals surface area contributed by atoms with Crippen LogP contribution in [-0.4, -0.2) is 34.0 Å². The van der Waals surface area contributed by atoms with E-state index in [0.717, 1.165) is 19.4 Å². The molecule has 0 bridgehead atoms. The summed E-state index contributed by atoms with van der Waals surface area (Å²) in [6.07, 6.45) is 3.34. The zero-order chi connectivity index (χ0) is 11.1. The average Bonchev–Trinajstić information content (AvgIpc) is 2.67. The molecule has 0 atom stereocenters. The maximum Gasteiger partial charge on any atom is 0.208 e. The Balaban J connectivity index is 2.53. The highest BCUT2D eigenvalue weighted by atomic mass is 16.5. The van der Waals surface area contributed by atoms with Crippen molar-refractivity contribution in [3.05, 3.63) is 11.9 Å². The summed E-state index contributed by atoms with van der Waals surface area (Å²) < 4.78 is 6.81. The molecule has 84 valence electrons. The fraction of sp³-hybridized carbons (Fsp3) is 0.700. The summed E-state index contributed by atoms with van der Waals surface area (Å²) in [6.45, 7) is 5.48. The van der Waals surface area contributed by atoms with Gasteiger partial charge in [-0.2, -0.15) is 0 Å². The van der Waals surface area contributed by atoms with E-state index in [1.807, 2.05) is 13.8 Å². The predicted molar refractivity (Wildman–Crippen MR) is 55.8 cm³/mol. The maximum absolute atomic E-state index is 11.7. The number of hydrogen-bond acceptors (Lipinski definition) is 4.